The molecule has 0 aromatic heterocycles. The molecular formula is C15H8BrF2NO. The smallest absolute Gasteiger partial charge is 0.184 e. The van der Waals surface area contributed by atoms with Gasteiger partial charge < -0.3 is 0 Å². The van der Waals surface area contributed by atoms with Crippen LogP contribution in [0.3, 0.4) is 0 Å². The standard InChI is InChI=1S/C15H8BrF2NO/c16-10-3-1-2-9(6-10)15(20)13(8-19)12-5-4-11(17)7-14(12)18/h1-7,13H. The van der Waals surface area contributed by atoms with Crippen LogP contribution in [-0.4, -0.2) is 5.78 Å². The Bertz CT molecular complexity index is 709. The van der Waals surface area contributed by atoms with E-state index in [1.54, 1.807) is 30.3 Å². The van der Waals surface area contributed by atoms with E-state index < -0.39 is 23.3 Å². The fourth-order valence-electron chi connectivity index (χ4n) is 1.81. The molecule has 0 aliphatic rings. The Balaban J connectivity index is 2.43. The number of nitrogens with zero attached hydrogens (tertiary/aromatic N) is 1. The number of rotatable bonds is 3. The molecule has 0 heterocycles. The monoisotopic (exact) mass is 335 g/mol. The first-order valence-electron chi connectivity index (χ1n) is 5.67. The van der Waals surface area contributed by atoms with Crippen molar-refractivity contribution in [3.63, 3.8) is 0 Å². The zero-order chi connectivity index (χ0) is 14.7. The summed E-state index contributed by atoms with van der Waals surface area (Å²) in [5, 5.41) is 9.13. The number of hydrogen-bond acceptors (Lipinski definition) is 2. The highest BCUT2D eigenvalue weighted by Gasteiger charge is 2.25. The number of carbonyl (C=O) groups excluding carboxylic acids is 1. The number of hydrogen-bond donors (Lipinski definition) is 0. The van der Waals surface area contributed by atoms with Crippen molar-refractivity contribution in [2.24, 2.45) is 0 Å². The van der Waals surface area contributed by atoms with Gasteiger partial charge in [0.15, 0.2) is 5.78 Å². The molecule has 0 saturated carbocycles. The first-order valence-corrected chi connectivity index (χ1v) is 6.46. The van der Waals surface area contributed by atoms with E-state index in [1.807, 2.05) is 0 Å². The van der Waals surface area contributed by atoms with Gasteiger partial charge in [0.05, 0.1) is 6.07 Å². The Labute approximate surface area is 122 Å². The van der Waals surface area contributed by atoms with Crippen LogP contribution in [0.5, 0.6) is 0 Å². The number of halogens is 3. The molecule has 5 heteroatoms. The van der Waals surface area contributed by atoms with Crippen LogP contribution in [0.1, 0.15) is 21.8 Å². The van der Waals surface area contributed by atoms with Gasteiger partial charge in [0.25, 0.3) is 0 Å². The van der Waals surface area contributed by atoms with Crippen molar-refractivity contribution in [2.45, 2.75) is 5.92 Å². The molecule has 0 bridgehead atoms. The van der Waals surface area contributed by atoms with Crippen LogP contribution in [-0.2, 0) is 0 Å². The van der Waals surface area contributed by atoms with Gasteiger partial charge in [-0.2, -0.15) is 5.26 Å². The molecule has 100 valence electrons. The van der Waals surface area contributed by atoms with Gasteiger partial charge in [0, 0.05) is 21.7 Å². The van der Waals surface area contributed by atoms with Gasteiger partial charge in [-0.15, -0.1) is 0 Å². The second-order valence-corrected chi connectivity index (χ2v) is 5.02. The highest BCUT2D eigenvalue weighted by Crippen LogP contribution is 2.25. The van der Waals surface area contributed by atoms with Crippen molar-refractivity contribution in [3.8, 4) is 6.07 Å². The lowest BCUT2D eigenvalue weighted by molar-refractivity contribution is 0.0977. The first kappa shape index (κ1) is 14.4. The van der Waals surface area contributed by atoms with Gasteiger partial charge in [-0.05, 0) is 18.2 Å². The van der Waals surface area contributed by atoms with Crippen LogP contribution in [0.2, 0.25) is 0 Å². The molecule has 0 aliphatic carbocycles. The summed E-state index contributed by atoms with van der Waals surface area (Å²) < 4.78 is 27.2. The molecule has 0 saturated heterocycles. The van der Waals surface area contributed by atoms with E-state index in [0.717, 1.165) is 12.1 Å². The van der Waals surface area contributed by atoms with Crippen molar-refractivity contribution in [1.29, 1.82) is 5.26 Å². The lowest BCUT2D eigenvalue weighted by Gasteiger charge is -2.10. The summed E-state index contributed by atoms with van der Waals surface area (Å²) in [6.45, 7) is 0. The third-order valence-corrected chi connectivity index (χ3v) is 3.27. The van der Waals surface area contributed by atoms with E-state index in [1.165, 1.54) is 0 Å². The quantitative estimate of drug-likeness (QED) is 0.788. The molecule has 2 aromatic carbocycles. The normalized spacial score (nSPS) is 11.7. The molecule has 0 radical (unpaired) electrons. The average Bonchev–Trinajstić information content (AvgIpc) is 2.41. The summed E-state index contributed by atoms with van der Waals surface area (Å²) in [5.74, 6) is -3.48. The molecule has 1 unspecified atom stereocenters. The van der Waals surface area contributed by atoms with Gasteiger partial charge in [-0.25, -0.2) is 8.78 Å². The van der Waals surface area contributed by atoms with Gasteiger partial charge in [0.2, 0.25) is 0 Å². The molecule has 2 aromatic rings. The van der Waals surface area contributed by atoms with E-state index >= 15 is 0 Å². The molecule has 2 nitrogen and oxygen atoms in total. The second-order valence-electron chi connectivity index (χ2n) is 4.10. The Morgan fingerprint density at radius 1 is 1.20 bits per heavy atom. The SMILES string of the molecule is N#CC(C(=O)c1cccc(Br)c1)c1ccc(F)cc1F. The molecule has 1 atom stereocenters. The number of carbonyl (C=O) groups is 1. The molecule has 0 spiro atoms. The lowest BCUT2D eigenvalue weighted by Crippen LogP contribution is -2.13. The highest BCUT2D eigenvalue weighted by atomic mass is 79.9. The predicted molar refractivity (Wildman–Crippen MR) is 73.2 cm³/mol. The fourth-order valence-corrected chi connectivity index (χ4v) is 2.21. The summed E-state index contributed by atoms with van der Waals surface area (Å²) in [5.41, 5.74) is 0.161. The van der Waals surface area contributed by atoms with Gasteiger partial charge in [0.1, 0.15) is 17.6 Å². The number of Topliss-reactive ketones (excluding diaryl/α,β-unsaturated/α-hetero) is 1. The summed E-state index contributed by atoms with van der Waals surface area (Å²) in [6, 6.07) is 11.0. The number of ketones is 1. The molecular weight excluding hydrogens is 328 g/mol. The van der Waals surface area contributed by atoms with E-state index in [4.69, 9.17) is 5.26 Å². The number of benzene rings is 2. The van der Waals surface area contributed by atoms with Crippen LogP contribution in [0, 0.1) is 23.0 Å². The third kappa shape index (κ3) is 2.91. The lowest BCUT2D eigenvalue weighted by atomic mass is 9.91. The first-order chi connectivity index (χ1) is 9.52. The van der Waals surface area contributed by atoms with Crippen molar-refractivity contribution < 1.29 is 13.6 Å². The van der Waals surface area contributed by atoms with Crippen LogP contribution < -0.4 is 0 Å². The Kier molecular flexibility index (Phi) is 4.26. The maximum Gasteiger partial charge on any atom is 0.184 e. The summed E-state index contributed by atoms with van der Waals surface area (Å²) in [6.07, 6.45) is 0. The largest absolute Gasteiger partial charge is 0.292 e. The maximum absolute atomic E-state index is 13.7. The molecule has 20 heavy (non-hydrogen) atoms. The highest BCUT2D eigenvalue weighted by molar-refractivity contribution is 9.10. The minimum absolute atomic E-state index is 0.126. The Hall–Kier alpha value is -2.06. The van der Waals surface area contributed by atoms with E-state index in [0.29, 0.717) is 10.5 Å². The van der Waals surface area contributed by atoms with Crippen molar-refractivity contribution in [3.05, 3.63) is 69.7 Å². The second kappa shape index (κ2) is 5.93. The number of nitriles is 1. The van der Waals surface area contributed by atoms with Crippen molar-refractivity contribution in [2.75, 3.05) is 0 Å². The zero-order valence-electron chi connectivity index (χ0n) is 10.1. The minimum Gasteiger partial charge on any atom is -0.292 e. The van der Waals surface area contributed by atoms with E-state index in [2.05, 4.69) is 15.9 Å². The average molecular weight is 336 g/mol. The van der Waals surface area contributed by atoms with E-state index in [9.17, 15) is 13.6 Å². The van der Waals surface area contributed by atoms with Crippen molar-refractivity contribution in [1.82, 2.24) is 0 Å². The van der Waals surface area contributed by atoms with Gasteiger partial charge >= 0.3 is 0 Å². The topological polar surface area (TPSA) is 40.9 Å². The van der Waals surface area contributed by atoms with Gasteiger partial charge in [-0.1, -0.05) is 34.1 Å². The Morgan fingerprint density at radius 3 is 2.55 bits per heavy atom. The predicted octanol–water partition coefficient (Wildman–Crippen LogP) is 4.22. The molecule has 0 aliphatic heterocycles. The van der Waals surface area contributed by atoms with Crippen LogP contribution >= 0.6 is 15.9 Å². The van der Waals surface area contributed by atoms with Crippen LogP contribution in [0.15, 0.2) is 46.9 Å². The van der Waals surface area contributed by atoms with Gasteiger partial charge in [-0.3, -0.25) is 4.79 Å². The summed E-state index contributed by atoms with van der Waals surface area (Å²) in [4.78, 5) is 12.3. The molecule has 2 rings (SSSR count). The molecule has 0 N–H and O–H groups in total. The van der Waals surface area contributed by atoms with E-state index in [-0.39, 0.29) is 11.1 Å². The fraction of sp³-hybridized carbons (Fsp3) is 0.0667. The minimum atomic E-state index is -1.30. The maximum atomic E-state index is 13.7. The van der Waals surface area contributed by atoms with Crippen LogP contribution in [0.25, 0.3) is 0 Å². The summed E-state index contributed by atoms with van der Waals surface area (Å²) in [7, 11) is 0. The van der Waals surface area contributed by atoms with Crippen molar-refractivity contribution >= 4 is 21.7 Å². The summed E-state index contributed by atoms with van der Waals surface area (Å²) >= 11 is 3.22. The zero-order valence-corrected chi connectivity index (χ0v) is 11.7. The molecule has 0 amide bonds. The van der Waals surface area contributed by atoms with Crippen LogP contribution in [0.4, 0.5) is 8.78 Å². The Morgan fingerprint density at radius 2 is 1.95 bits per heavy atom. The third-order valence-electron chi connectivity index (χ3n) is 2.77. The molecule has 0 fully saturated rings.